The van der Waals surface area contributed by atoms with Crippen LogP contribution in [0.1, 0.15) is 24.2 Å². The lowest BCUT2D eigenvalue weighted by Gasteiger charge is -2.45. The number of hydrogen-bond acceptors (Lipinski definition) is 3. The molecule has 1 fully saturated rings. The van der Waals surface area contributed by atoms with Gasteiger partial charge in [0.1, 0.15) is 5.75 Å². The van der Waals surface area contributed by atoms with Gasteiger partial charge in [-0.25, -0.2) is 0 Å². The van der Waals surface area contributed by atoms with Gasteiger partial charge in [0.15, 0.2) is 0 Å². The van der Waals surface area contributed by atoms with Gasteiger partial charge in [0.2, 0.25) is 0 Å². The van der Waals surface area contributed by atoms with Crippen molar-refractivity contribution in [3.05, 3.63) is 28.2 Å². The van der Waals surface area contributed by atoms with E-state index in [1.165, 1.54) is 0 Å². The average molecular weight is 341 g/mol. The molecule has 0 aliphatic carbocycles. The predicted octanol–water partition coefficient (Wildman–Crippen LogP) is 2.62. The molecule has 0 unspecified atom stereocenters. The molecule has 110 valence electrons. The number of rotatable bonds is 2. The molecule has 1 aliphatic heterocycles. The normalized spacial score (nSPS) is 18.9. The molecule has 1 aromatic carbocycles. The second-order valence-electron chi connectivity index (χ2n) is 5.81. The Morgan fingerprint density at radius 3 is 2.60 bits per heavy atom. The highest BCUT2D eigenvalue weighted by Crippen LogP contribution is 2.27. The first kappa shape index (κ1) is 15.3. The maximum Gasteiger partial charge on any atom is 0.254 e. The third kappa shape index (κ3) is 2.99. The summed E-state index contributed by atoms with van der Waals surface area (Å²) in [7, 11) is 3.72. The molecular formula is C15H21BrN2O2. The number of likely N-dealkylation sites (N-methyl/N-ethyl adjacent to an activating group) is 1. The molecule has 0 radical (unpaired) electrons. The van der Waals surface area contributed by atoms with Crippen LogP contribution in [-0.4, -0.2) is 55.0 Å². The van der Waals surface area contributed by atoms with E-state index in [2.05, 4.69) is 41.7 Å². The van der Waals surface area contributed by atoms with E-state index in [9.17, 15) is 4.79 Å². The fourth-order valence-electron chi connectivity index (χ4n) is 2.40. The number of nitrogens with zero attached hydrogens (tertiary/aromatic N) is 2. The highest BCUT2D eigenvalue weighted by molar-refractivity contribution is 9.10. The Kier molecular flexibility index (Phi) is 4.39. The van der Waals surface area contributed by atoms with E-state index in [-0.39, 0.29) is 11.4 Å². The maximum absolute atomic E-state index is 12.6. The zero-order chi connectivity index (χ0) is 14.9. The van der Waals surface area contributed by atoms with E-state index >= 15 is 0 Å². The molecule has 1 aromatic rings. The number of benzene rings is 1. The van der Waals surface area contributed by atoms with Crippen molar-refractivity contribution in [1.29, 1.82) is 0 Å². The molecule has 1 amide bonds. The first-order valence-electron chi connectivity index (χ1n) is 6.69. The zero-order valence-corrected chi connectivity index (χ0v) is 14.0. The van der Waals surface area contributed by atoms with E-state index < -0.39 is 0 Å². The van der Waals surface area contributed by atoms with Gasteiger partial charge in [-0.3, -0.25) is 9.69 Å². The van der Waals surface area contributed by atoms with E-state index in [4.69, 9.17) is 4.74 Å². The number of carbonyl (C=O) groups excluding carboxylic acids is 1. The highest BCUT2D eigenvalue weighted by atomic mass is 79.9. The molecule has 20 heavy (non-hydrogen) atoms. The van der Waals surface area contributed by atoms with Gasteiger partial charge in [-0.1, -0.05) is 0 Å². The Balaban J connectivity index is 2.18. The Morgan fingerprint density at radius 1 is 1.35 bits per heavy atom. The number of piperazine rings is 1. The summed E-state index contributed by atoms with van der Waals surface area (Å²) >= 11 is 3.43. The van der Waals surface area contributed by atoms with Crippen LogP contribution in [0, 0.1) is 0 Å². The Morgan fingerprint density at radius 2 is 2.05 bits per heavy atom. The van der Waals surface area contributed by atoms with Crippen molar-refractivity contribution >= 4 is 21.8 Å². The summed E-state index contributed by atoms with van der Waals surface area (Å²) < 4.78 is 6.00. The molecule has 1 heterocycles. The third-order valence-corrected chi connectivity index (χ3v) is 4.62. The molecule has 0 saturated carbocycles. The van der Waals surface area contributed by atoms with Crippen molar-refractivity contribution in [3.63, 3.8) is 0 Å². The Bertz CT molecular complexity index is 517. The molecule has 0 aromatic heterocycles. The SMILES string of the molecule is COc1ccc(C(=O)N2CCN(C)C(C)(C)C2)cc1Br. The van der Waals surface area contributed by atoms with Crippen LogP contribution < -0.4 is 4.74 Å². The van der Waals surface area contributed by atoms with Gasteiger partial charge in [0, 0.05) is 30.7 Å². The molecule has 1 saturated heterocycles. The average Bonchev–Trinajstić information content (AvgIpc) is 2.41. The van der Waals surface area contributed by atoms with Crippen LogP contribution in [0.3, 0.4) is 0 Å². The summed E-state index contributed by atoms with van der Waals surface area (Å²) in [5.41, 5.74) is 0.704. The molecule has 0 N–H and O–H groups in total. The number of carbonyl (C=O) groups is 1. The van der Waals surface area contributed by atoms with Crippen molar-refractivity contribution in [3.8, 4) is 5.75 Å². The predicted molar refractivity (Wildman–Crippen MR) is 83.3 cm³/mol. The summed E-state index contributed by atoms with van der Waals surface area (Å²) in [6, 6.07) is 5.46. The van der Waals surface area contributed by atoms with Gasteiger partial charge in [-0.15, -0.1) is 0 Å². The number of ether oxygens (including phenoxy) is 1. The molecule has 0 atom stereocenters. The molecule has 5 heteroatoms. The number of halogens is 1. The standard InChI is InChI=1S/C15H21BrN2O2/c1-15(2)10-18(8-7-17(15)3)14(19)11-5-6-13(20-4)12(16)9-11/h5-6,9H,7-8,10H2,1-4H3. The molecule has 2 rings (SSSR count). The van der Waals surface area contributed by atoms with Crippen molar-refractivity contribution in [2.45, 2.75) is 19.4 Å². The van der Waals surface area contributed by atoms with E-state index in [0.29, 0.717) is 5.56 Å². The van der Waals surface area contributed by atoms with Gasteiger partial charge in [-0.2, -0.15) is 0 Å². The second-order valence-corrected chi connectivity index (χ2v) is 6.66. The second kappa shape index (κ2) is 5.74. The summed E-state index contributed by atoms with van der Waals surface area (Å²) in [4.78, 5) is 16.8. The van der Waals surface area contributed by atoms with Crippen LogP contribution in [-0.2, 0) is 0 Å². The highest BCUT2D eigenvalue weighted by Gasteiger charge is 2.33. The van der Waals surface area contributed by atoms with Crippen LogP contribution in [0.4, 0.5) is 0 Å². The van der Waals surface area contributed by atoms with Crippen molar-refractivity contribution in [2.24, 2.45) is 0 Å². The van der Waals surface area contributed by atoms with Gasteiger partial charge in [-0.05, 0) is 55.0 Å². The minimum absolute atomic E-state index is 0.0115. The lowest BCUT2D eigenvalue weighted by atomic mass is 9.99. The topological polar surface area (TPSA) is 32.8 Å². The monoisotopic (exact) mass is 340 g/mol. The molecule has 4 nitrogen and oxygen atoms in total. The number of hydrogen-bond donors (Lipinski definition) is 0. The lowest BCUT2D eigenvalue weighted by molar-refractivity contribution is 0.0311. The largest absolute Gasteiger partial charge is 0.496 e. The summed E-state index contributed by atoms with van der Waals surface area (Å²) in [6.07, 6.45) is 0. The quantitative estimate of drug-likeness (QED) is 0.829. The van der Waals surface area contributed by atoms with Crippen LogP contribution >= 0.6 is 15.9 Å². The molecule has 1 aliphatic rings. The van der Waals surface area contributed by atoms with Crippen molar-refractivity contribution in [2.75, 3.05) is 33.8 Å². The van der Waals surface area contributed by atoms with Crippen LogP contribution in [0.2, 0.25) is 0 Å². The summed E-state index contributed by atoms with van der Waals surface area (Å²) in [6.45, 7) is 6.73. The molecular weight excluding hydrogens is 320 g/mol. The fourth-order valence-corrected chi connectivity index (χ4v) is 2.94. The molecule has 0 bridgehead atoms. The zero-order valence-electron chi connectivity index (χ0n) is 12.4. The van der Waals surface area contributed by atoms with Crippen molar-refractivity contribution in [1.82, 2.24) is 9.80 Å². The number of amides is 1. The minimum Gasteiger partial charge on any atom is -0.496 e. The fraction of sp³-hybridized carbons (Fsp3) is 0.533. The van der Waals surface area contributed by atoms with E-state index in [1.54, 1.807) is 7.11 Å². The minimum atomic E-state index is 0.0115. The van der Waals surface area contributed by atoms with Crippen LogP contribution in [0.15, 0.2) is 22.7 Å². The first-order chi connectivity index (χ1) is 9.35. The third-order valence-electron chi connectivity index (χ3n) is 4.00. The van der Waals surface area contributed by atoms with Crippen LogP contribution in [0.5, 0.6) is 5.75 Å². The first-order valence-corrected chi connectivity index (χ1v) is 7.48. The smallest absolute Gasteiger partial charge is 0.254 e. The number of methoxy groups -OCH3 is 1. The van der Waals surface area contributed by atoms with Gasteiger partial charge >= 0.3 is 0 Å². The Hall–Kier alpha value is -1.07. The van der Waals surface area contributed by atoms with E-state index in [0.717, 1.165) is 29.9 Å². The van der Waals surface area contributed by atoms with Gasteiger partial charge < -0.3 is 9.64 Å². The Labute approximate surface area is 128 Å². The van der Waals surface area contributed by atoms with Gasteiger partial charge in [0.05, 0.1) is 11.6 Å². The van der Waals surface area contributed by atoms with Crippen LogP contribution in [0.25, 0.3) is 0 Å². The lowest BCUT2D eigenvalue weighted by Crippen LogP contribution is -2.58. The summed E-state index contributed by atoms with van der Waals surface area (Å²) in [5.74, 6) is 0.815. The van der Waals surface area contributed by atoms with E-state index in [1.807, 2.05) is 23.1 Å². The maximum atomic E-state index is 12.6. The molecule has 0 spiro atoms. The van der Waals surface area contributed by atoms with Crippen molar-refractivity contribution < 1.29 is 9.53 Å². The summed E-state index contributed by atoms with van der Waals surface area (Å²) in [5, 5.41) is 0. The van der Waals surface area contributed by atoms with Gasteiger partial charge in [0.25, 0.3) is 5.91 Å².